The van der Waals surface area contributed by atoms with Crippen molar-refractivity contribution in [3.8, 4) is 29.0 Å². The standard InChI is InChI=1S/C18H15N3O3S/c1-22-15-8-7-12(9-16(15)23-2)17-20-21-18(24-17)25-11-14-6-4-3-5-13(14)10-19/h3-9H,11H2,1-2H3. The smallest absolute Gasteiger partial charge is 0.277 e. The fraction of sp³-hybridized carbons (Fsp3) is 0.167. The largest absolute Gasteiger partial charge is 0.493 e. The summed E-state index contributed by atoms with van der Waals surface area (Å²) < 4.78 is 16.2. The second-order valence-electron chi connectivity index (χ2n) is 5.00. The van der Waals surface area contributed by atoms with Gasteiger partial charge in [-0.15, -0.1) is 10.2 Å². The molecule has 2 aromatic carbocycles. The predicted octanol–water partition coefficient (Wildman–Crippen LogP) is 3.92. The molecule has 0 aliphatic heterocycles. The number of thioether (sulfide) groups is 1. The van der Waals surface area contributed by atoms with Gasteiger partial charge in [0.2, 0.25) is 5.89 Å². The molecule has 0 bridgehead atoms. The van der Waals surface area contributed by atoms with E-state index >= 15 is 0 Å². The van der Waals surface area contributed by atoms with E-state index in [2.05, 4.69) is 16.3 Å². The van der Waals surface area contributed by atoms with Gasteiger partial charge in [0.1, 0.15) is 0 Å². The lowest BCUT2D eigenvalue weighted by Gasteiger charge is -2.07. The van der Waals surface area contributed by atoms with Crippen LogP contribution in [0.2, 0.25) is 0 Å². The van der Waals surface area contributed by atoms with Crippen LogP contribution in [0.5, 0.6) is 11.5 Å². The van der Waals surface area contributed by atoms with Gasteiger partial charge in [0.25, 0.3) is 5.22 Å². The number of nitrogens with zero attached hydrogens (tertiary/aromatic N) is 3. The number of methoxy groups -OCH3 is 2. The van der Waals surface area contributed by atoms with Crippen LogP contribution in [-0.2, 0) is 5.75 Å². The van der Waals surface area contributed by atoms with E-state index < -0.39 is 0 Å². The number of ether oxygens (including phenoxy) is 2. The van der Waals surface area contributed by atoms with Crippen molar-refractivity contribution < 1.29 is 13.9 Å². The van der Waals surface area contributed by atoms with Crippen LogP contribution in [0.1, 0.15) is 11.1 Å². The number of rotatable bonds is 6. The van der Waals surface area contributed by atoms with Crippen LogP contribution in [0.3, 0.4) is 0 Å². The van der Waals surface area contributed by atoms with Crippen molar-refractivity contribution in [2.24, 2.45) is 0 Å². The molecule has 0 aliphatic carbocycles. The van der Waals surface area contributed by atoms with Crippen LogP contribution in [0, 0.1) is 11.3 Å². The number of hydrogen-bond donors (Lipinski definition) is 0. The first-order chi connectivity index (χ1) is 12.2. The summed E-state index contributed by atoms with van der Waals surface area (Å²) in [6.45, 7) is 0. The summed E-state index contributed by atoms with van der Waals surface area (Å²) in [6.07, 6.45) is 0. The highest BCUT2D eigenvalue weighted by Gasteiger charge is 2.13. The molecule has 1 heterocycles. The zero-order valence-electron chi connectivity index (χ0n) is 13.7. The molecule has 0 fully saturated rings. The van der Waals surface area contributed by atoms with Gasteiger partial charge in [-0.05, 0) is 29.8 Å². The molecule has 6 nitrogen and oxygen atoms in total. The molecule has 3 rings (SSSR count). The second kappa shape index (κ2) is 7.73. The van der Waals surface area contributed by atoms with Crippen molar-refractivity contribution in [3.05, 3.63) is 53.6 Å². The molecule has 0 N–H and O–H groups in total. The SMILES string of the molecule is COc1ccc(-c2nnc(SCc3ccccc3C#N)o2)cc1OC. The van der Waals surface area contributed by atoms with Crippen LogP contribution in [0.25, 0.3) is 11.5 Å². The zero-order chi connectivity index (χ0) is 17.6. The molecular formula is C18H15N3O3S. The topological polar surface area (TPSA) is 81.2 Å². The molecule has 126 valence electrons. The van der Waals surface area contributed by atoms with Crippen molar-refractivity contribution in [1.82, 2.24) is 10.2 Å². The summed E-state index contributed by atoms with van der Waals surface area (Å²) in [6, 6.07) is 15.0. The van der Waals surface area contributed by atoms with Crippen LogP contribution in [0.4, 0.5) is 0 Å². The van der Waals surface area contributed by atoms with E-state index in [9.17, 15) is 0 Å². The Morgan fingerprint density at radius 2 is 1.88 bits per heavy atom. The highest BCUT2D eigenvalue weighted by Crippen LogP contribution is 2.33. The first-order valence-corrected chi connectivity index (χ1v) is 8.40. The fourth-order valence-corrected chi connectivity index (χ4v) is 3.02. The molecule has 0 radical (unpaired) electrons. The summed E-state index contributed by atoms with van der Waals surface area (Å²) >= 11 is 1.39. The summed E-state index contributed by atoms with van der Waals surface area (Å²) in [5.74, 6) is 2.21. The van der Waals surface area contributed by atoms with Crippen LogP contribution in [-0.4, -0.2) is 24.4 Å². The van der Waals surface area contributed by atoms with Crippen LogP contribution >= 0.6 is 11.8 Å². The van der Waals surface area contributed by atoms with Crippen molar-refractivity contribution in [2.45, 2.75) is 11.0 Å². The third-order valence-electron chi connectivity index (χ3n) is 3.53. The average Bonchev–Trinajstić information content (AvgIpc) is 3.15. The summed E-state index contributed by atoms with van der Waals surface area (Å²) in [4.78, 5) is 0. The van der Waals surface area contributed by atoms with Crippen molar-refractivity contribution in [1.29, 1.82) is 5.26 Å². The van der Waals surface area contributed by atoms with E-state index in [4.69, 9.17) is 19.2 Å². The molecule has 0 unspecified atom stereocenters. The Morgan fingerprint density at radius 1 is 1.08 bits per heavy atom. The highest BCUT2D eigenvalue weighted by molar-refractivity contribution is 7.98. The summed E-state index contributed by atoms with van der Waals surface area (Å²) in [7, 11) is 3.15. The first-order valence-electron chi connectivity index (χ1n) is 7.42. The third-order valence-corrected chi connectivity index (χ3v) is 4.39. The molecule has 25 heavy (non-hydrogen) atoms. The quantitative estimate of drug-likeness (QED) is 0.621. The van der Waals surface area contributed by atoms with Crippen molar-refractivity contribution in [2.75, 3.05) is 14.2 Å². The fourth-order valence-electron chi connectivity index (χ4n) is 2.25. The van der Waals surface area contributed by atoms with Crippen molar-refractivity contribution in [3.63, 3.8) is 0 Å². The second-order valence-corrected chi connectivity index (χ2v) is 5.93. The van der Waals surface area contributed by atoms with E-state index in [-0.39, 0.29) is 0 Å². The molecule has 0 spiro atoms. The minimum atomic E-state index is 0.400. The third kappa shape index (κ3) is 3.75. The zero-order valence-corrected chi connectivity index (χ0v) is 14.5. The Balaban J connectivity index is 1.76. The van der Waals surface area contributed by atoms with Gasteiger partial charge in [-0.25, -0.2) is 0 Å². The molecular weight excluding hydrogens is 338 g/mol. The molecule has 0 aliphatic rings. The molecule has 0 atom stereocenters. The van der Waals surface area contributed by atoms with Gasteiger partial charge in [-0.2, -0.15) is 5.26 Å². The Bertz CT molecular complexity index is 918. The molecule has 0 amide bonds. The van der Waals surface area contributed by atoms with Crippen molar-refractivity contribution >= 4 is 11.8 Å². The van der Waals surface area contributed by atoms with Gasteiger partial charge in [0, 0.05) is 11.3 Å². The molecule has 0 saturated carbocycles. The first kappa shape index (κ1) is 16.9. The van der Waals surface area contributed by atoms with Gasteiger partial charge in [-0.1, -0.05) is 30.0 Å². The minimum absolute atomic E-state index is 0.400. The minimum Gasteiger partial charge on any atom is -0.493 e. The van der Waals surface area contributed by atoms with Gasteiger partial charge in [0.15, 0.2) is 11.5 Å². The van der Waals surface area contributed by atoms with Crippen LogP contribution < -0.4 is 9.47 Å². The maximum absolute atomic E-state index is 9.13. The average molecular weight is 353 g/mol. The predicted molar refractivity (Wildman–Crippen MR) is 93.6 cm³/mol. The van der Waals surface area contributed by atoms with E-state index in [0.717, 1.165) is 11.1 Å². The van der Waals surface area contributed by atoms with E-state index in [0.29, 0.717) is 33.9 Å². The maximum Gasteiger partial charge on any atom is 0.277 e. The summed E-state index contributed by atoms with van der Waals surface area (Å²) in [5.41, 5.74) is 2.32. The number of aromatic nitrogens is 2. The normalized spacial score (nSPS) is 10.3. The molecule has 3 aromatic rings. The highest BCUT2D eigenvalue weighted by atomic mass is 32.2. The lowest BCUT2D eigenvalue weighted by molar-refractivity contribution is 0.355. The lowest BCUT2D eigenvalue weighted by Crippen LogP contribution is -1.90. The Morgan fingerprint density at radius 3 is 2.64 bits per heavy atom. The monoisotopic (exact) mass is 353 g/mol. The van der Waals surface area contributed by atoms with E-state index in [1.165, 1.54) is 11.8 Å². The van der Waals surface area contributed by atoms with Gasteiger partial charge in [0.05, 0.1) is 25.9 Å². The lowest BCUT2D eigenvalue weighted by atomic mass is 10.1. The number of nitriles is 1. The molecule has 1 aromatic heterocycles. The maximum atomic E-state index is 9.13. The molecule has 7 heteroatoms. The summed E-state index contributed by atoms with van der Waals surface area (Å²) in [5, 5.41) is 17.7. The van der Waals surface area contributed by atoms with Gasteiger partial charge in [-0.3, -0.25) is 0 Å². The molecule has 0 saturated heterocycles. The van der Waals surface area contributed by atoms with Crippen LogP contribution in [0.15, 0.2) is 52.1 Å². The van der Waals surface area contributed by atoms with E-state index in [1.54, 1.807) is 32.4 Å². The number of benzene rings is 2. The Kier molecular flexibility index (Phi) is 5.21. The van der Waals surface area contributed by atoms with Gasteiger partial charge >= 0.3 is 0 Å². The Hall–Kier alpha value is -2.98. The number of hydrogen-bond acceptors (Lipinski definition) is 7. The van der Waals surface area contributed by atoms with Gasteiger partial charge < -0.3 is 13.9 Å². The Labute approximate surface area is 149 Å². The van der Waals surface area contributed by atoms with E-state index in [1.807, 2.05) is 24.3 Å².